The second kappa shape index (κ2) is 7.58. The van der Waals surface area contributed by atoms with Crippen LogP contribution in [0.5, 0.6) is 5.75 Å². The summed E-state index contributed by atoms with van der Waals surface area (Å²) >= 11 is 0. The van der Waals surface area contributed by atoms with Crippen molar-refractivity contribution >= 4 is 17.9 Å². The van der Waals surface area contributed by atoms with Crippen molar-refractivity contribution < 1.29 is 14.3 Å². The minimum Gasteiger partial charge on any atom is -0.496 e. The van der Waals surface area contributed by atoms with Gasteiger partial charge in [0.15, 0.2) is 0 Å². The van der Waals surface area contributed by atoms with E-state index in [4.69, 9.17) is 4.74 Å². The van der Waals surface area contributed by atoms with Crippen LogP contribution in [-0.2, 0) is 4.79 Å². The van der Waals surface area contributed by atoms with Crippen LogP contribution in [0.1, 0.15) is 16.1 Å². The third-order valence-electron chi connectivity index (χ3n) is 2.75. The van der Waals surface area contributed by atoms with E-state index < -0.39 is 11.8 Å². The van der Waals surface area contributed by atoms with E-state index in [-0.39, 0.29) is 5.69 Å². The molecule has 0 spiro atoms. The van der Waals surface area contributed by atoms with Crippen LogP contribution in [0.2, 0.25) is 0 Å². The smallest absolute Gasteiger partial charge is 0.288 e. The number of hydrogen-bond donors (Lipinski definition) is 2. The predicted octanol–water partition coefficient (Wildman–Crippen LogP) is 1.56. The van der Waals surface area contributed by atoms with Crippen molar-refractivity contribution in [2.24, 2.45) is 0 Å². The second-order valence-corrected chi connectivity index (χ2v) is 4.23. The molecule has 0 aliphatic rings. The van der Waals surface area contributed by atoms with Crippen molar-refractivity contribution in [3.63, 3.8) is 0 Å². The first-order valence-corrected chi connectivity index (χ1v) is 6.53. The lowest BCUT2D eigenvalue weighted by Gasteiger charge is -2.05. The molecule has 0 unspecified atom stereocenters. The van der Waals surface area contributed by atoms with Gasteiger partial charge in [0.25, 0.3) is 11.8 Å². The molecule has 1 heterocycles. The number of nitrogens with one attached hydrogen (secondary N) is 2. The summed E-state index contributed by atoms with van der Waals surface area (Å²) in [7, 11) is 1.56. The molecule has 0 fully saturated rings. The Labute approximate surface area is 127 Å². The Hall–Kier alpha value is -3.15. The molecule has 0 saturated carbocycles. The Morgan fingerprint density at radius 1 is 1.09 bits per heavy atom. The summed E-state index contributed by atoms with van der Waals surface area (Å²) in [5.74, 6) is -0.293. The van der Waals surface area contributed by atoms with Gasteiger partial charge in [-0.3, -0.25) is 25.4 Å². The van der Waals surface area contributed by atoms with Crippen molar-refractivity contribution in [3.05, 3.63) is 66.0 Å². The van der Waals surface area contributed by atoms with E-state index in [0.29, 0.717) is 5.75 Å². The first-order valence-electron chi connectivity index (χ1n) is 6.53. The summed E-state index contributed by atoms with van der Waals surface area (Å²) in [6, 6.07) is 12.2. The zero-order valence-corrected chi connectivity index (χ0v) is 11.9. The Kier molecular flexibility index (Phi) is 5.25. The number of pyridine rings is 1. The maximum atomic E-state index is 11.7. The lowest BCUT2D eigenvalue weighted by Crippen LogP contribution is -2.41. The average molecular weight is 297 g/mol. The Balaban J connectivity index is 1.90. The fourth-order valence-corrected chi connectivity index (χ4v) is 1.69. The minimum absolute atomic E-state index is 0.219. The quantitative estimate of drug-likeness (QED) is 0.663. The van der Waals surface area contributed by atoms with Crippen LogP contribution in [0, 0.1) is 0 Å². The largest absolute Gasteiger partial charge is 0.496 e. The molecule has 1 aromatic heterocycles. The van der Waals surface area contributed by atoms with Gasteiger partial charge in [0.1, 0.15) is 11.4 Å². The number of amides is 2. The number of benzene rings is 1. The van der Waals surface area contributed by atoms with Crippen LogP contribution >= 0.6 is 0 Å². The molecule has 112 valence electrons. The van der Waals surface area contributed by atoms with Gasteiger partial charge in [-0.2, -0.15) is 0 Å². The molecule has 0 bridgehead atoms. The molecule has 6 nitrogen and oxygen atoms in total. The van der Waals surface area contributed by atoms with Crippen molar-refractivity contribution in [2.45, 2.75) is 0 Å². The number of hydrogen-bond acceptors (Lipinski definition) is 4. The fraction of sp³-hybridized carbons (Fsp3) is 0.0625. The van der Waals surface area contributed by atoms with E-state index in [9.17, 15) is 9.59 Å². The fourth-order valence-electron chi connectivity index (χ4n) is 1.69. The summed E-state index contributed by atoms with van der Waals surface area (Å²) in [5, 5.41) is 0. The summed E-state index contributed by atoms with van der Waals surface area (Å²) in [6.07, 6.45) is 4.40. The number of para-hydroxylation sites is 1. The highest BCUT2D eigenvalue weighted by atomic mass is 16.5. The van der Waals surface area contributed by atoms with Gasteiger partial charge in [-0.1, -0.05) is 24.3 Å². The third kappa shape index (κ3) is 4.17. The Morgan fingerprint density at radius 3 is 2.59 bits per heavy atom. The molecule has 6 heteroatoms. The van der Waals surface area contributed by atoms with Gasteiger partial charge in [-0.25, -0.2) is 0 Å². The average Bonchev–Trinajstić information content (AvgIpc) is 2.58. The molecular weight excluding hydrogens is 282 g/mol. The highest BCUT2D eigenvalue weighted by molar-refractivity contribution is 5.96. The Bertz CT molecular complexity index is 684. The van der Waals surface area contributed by atoms with E-state index in [1.54, 1.807) is 37.5 Å². The van der Waals surface area contributed by atoms with Crippen LogP contribution in [0.15, 0.2) is 54.7 Å². The molecule has 0 saturated heterocycles. The second-order valence-electron chi connectivity index (χ2n) is 4.23. The van der Waals surface area contributed by atoms with Gasteiger partial charge >= 0.3 is 0 Å². The predicted molar refractivity (Wildman–Crippen MR) is 81.9 cm³/mol. The molecular formula is C16H15N3O3. The first-order chi connectivity index (χ1) is 10.7. The number of nitrogens with zero attached hydrogens (tertiary/aromatic N) is 1. The van der Waals surface area contributed by atoms with E-state index in [1.165, 1.54) is 12.3 Å². The summed E-state index contributed by atoms with van der Waals surface area (Å²) in [4.78, 5) is 27.2. The molecule has 1 aromatic carbocycles. The number of rotatable bonds is 4. The summed E-state index contributed by atoms with van der Waals surface area (Å²) in [6.45, 7) is 0. The molecule has 2 N–H and O–H groups in total. The zero-order chi connectivity index (χ0) is 15.8. The summed E-state index contributed by atoms with van der Waals surface area (Å²) < 4.78 is 5.17. The zero-order valence-electron chi connectivity index (χ0n) is 11.9. The number of carbonyl (C=O) groups excluding carboxylic acids is 2. The standard InChI is InChI=1S/C16H15N3O3/c1-22-14-8-3-2-6-12(14)9-10-15(20)18-19-16(21)13-7-4-5-11-17-13/h2-11H,1H3,(H,18,20)(H,19,21)/b10-9+. The summed E-state index contributed by atoms with van der Waals surface area (Å²) in [5.41, 5.74) is 5.54. The van der Waals surface area contributed by atoms with Crippen LogP contribution in [0.4, 0.5) is 0 Å². The van der Waals surface area contributed by atoms with Gasteiger partial charge in [0.05, 0.1) is 7.11 Å². The molecule has 2 rings (SSSR count). The van der Waals surface area contributed by atoms with Gasteiger partial charge in [-0.15, -0.1) is 0 Å². The molecule has 2 amide bonds. The van der Waals surface area contributed by atoms with Crippen LogP contribution < -0.4 is 15.6 Å². The minimum atomic E-state index is -0.486. The molecule has 0 radical (unpaired) electrons. The van der Waals surface area contributed by atoms with Gasteiger partial charge in [0.2, 0.25) is 0 Å². The first kappa shape index (κ1) is 15.2. The maximum Gasteiger partial charge on any atom is 0.288 e. The molecule has 0 aliphatic carbocycles. The SMILES string of the molecule is COc1ccccc1/C=C/C(=O)NNC(=O)c1ccccn1. The molecule has 22 heavy (non-hydrogen) atoms. The highest BCUT2D eigenvalue weighted by Crippen LogP contribution is 2.18. The van der Waals surface area contributed by atoms with Gasteiger partial charge < -0.3 is 4.74 Å². The van der Waals surface area contributed by atoms with Crippen LogP contribution in [-0.4, -0.2) is 23.9 Å². The van der Waals surface area contributed by atoms with Crippen LogP contribution in [0.25, 0.3) is 6.08 Å². The molecule has 0 atom stereocenters. The van der Waals surface area contributed by atoms with Crippen molar-refractivity contribution in [1.82, 2.24) is 15.8 Å². The molecule has 0 aliphatic heterocycles. The topological polar surface area (TPSA) is 80.3 Å². The van der Waals surface area contributed by atoms with Crippen molar-refractivity contribution in [2.75, 3.05) is 7.11 Å². The maximum absolute atomic E-state index is 11.7. The van der Waals surface area contributed by atoms with E-state index in [1.807, 2.05) is 18.2 Å². The Morgan fingerprint density at radius 2 is 1.86 bits per heavy atom. The number of methoxy groups -OCH3 is 1. The number of carbonyl (C=O) groups is 2. The number of aromatic nitrogens is 1. The lowest BCUT2D eigenvalue weighted by atomic mass is 10.2. The lowest BCUT2D eigenvalue weighted by molar-refractivity contribution is -0.117. The highest BCUT2D eigenvalue weighted by Gasteiger charge is 2.06. The molecule has 2 aromatic rings. The monoisotopic (exact) mass is 297 g/mol. The van der Waals surface area contributed by atoms with Crippen molar-refractivity contribution in [3.8, 4) is 5.75 Å². The van der Waals surface area contributed by atoms with E-state index >= 15 is 0 Å². The van der Waals surface area contributed by atoms with Gasteiger partial charge in [0, 0.05) is 17.8 Å². The van der Waals surface area contributed by atoms with Crippen LogP contribution in [0.3, 0.4) is 0 Å². The van der Waals surface area contributed by atoms with Crippen molar-refractivity contribution in [1.29, 1.82) is 0 Å². The third-order valence-corrected chi connectivity index (χ3v) is 2.75. The number of ether oxygens (including phenoxy) is 1. The van der Waals surface area contributed by atoms with E-state index in [2.05, 4.69) is 15.8 Å². The van der Waals surface area contributed by atoms with Gasteiger partial charge in [-0.05, 0) is 24.3 Å². The normalized spacial score (nSPS) is 10.2. The number of hydrazine groups is 1. The van der Waals surface area contributed by atoms with E-state index in [0.717, 1.165) is 5.56 Å².